The van der Waals surface area contributed by atoms with Gasteiger partial charge in [-0.2, -0.15) is 8.42 Å². The average molecular weight is 387 g/mol. The van der Waals surface area contributed by atoms with Gasteiger partial charge in [0.05, 0.1) is 21.7 Å². The van der Waals surface area contributed by atoms with Crippen molar-refractivity contribution in [1.29, 1.82) is 0 Å². The van der Waals surface area contributed by atoms with Crippen LogP contribution in [0.2, 0.25) is 5.02 Å². The van der Waals surface area contributed by atoms with Gasteiger partial charge >= 0.3 is 0 Å². The average Bonchev–Trinajstić information content (AvgIpc) is 2.52. The molecule has 0 saturated carbocycles. The van der Waals surface area contributed by atoms with Gasteiger partial charge in [0, 0.05) is 6.07 Å². The quantitative estimate of drug-likeness (QED) is 0.410. The molecule has 0 aromatic heterocycles. The van der Waals surface area contributed by atoms with Gasteiger partial charge in [-0.1, -0.05) is 17.7 Å². The van der Waals surface area contributed by atoms with Gasteiger partial charge in [0.1, 0.15) is 22.1 Å². The van der Waals surface area contributed by atoms with Crippen molar-refractivity contribution < 1.29 is 22.8 Å². The lowest BCUT2D eigenvalue weighted by molar-refractivity contribution is -0.385. The van der Waals surface area contributed by atoms with Crippen molar-refractivity contribution in [2.75, 3.05) is 10.6 Å². The Morgan fingerprint density at radius 2 is 2.08 bits per heavy atom. The van der Waals surface area contributed by atoms with Gasteiger partial charge in [-0.25, -0.2) is 4.39 Å². The first kappa shape index (κ1) is 16.9. The third kappa shape index (κ3) is 3.06. The molecule has 2 aromatic carbocycles. The Balaban J connectivity index is 2.05. The molecule has 0 unspecified atom stereocenters. The van der Waals surface area contributed by atoms with Crippen LogP contribution >= 0.6 is 11.6 Å². The molecule has 0 saturated heterocycles. The predicted molar refractivity (Wildman–Crippen MR) is 88.0 cm³/mol. The maximum absolute atomic E-state index is 13.5. The molecule has 3 N–H and O–H groups in total. The van der Waals surface area contributed by atoms with Crippen molar-refractivity contribution >= 4 is 44.6 Å². The van der Waals surface area contributed by atoms with Crippen molar-refractivity contribution in [2.45, 2.75) is 4.90 Å². The zero-order valence-corrected chi connectivity index (χ0v) is 13.6. The number of fused-ring (bicyclic) bond motifs is 1. The monoisotopic (exact) mass is 386 g/mol. The summed E-state index contributed by atoms with van der Waals surface area (Å²) in [6, 6.07) is 5.40. The first-order valence-electron chi connectivity index (χ1n) is 6.53. The van der Waals surface area contributed by atoms with Gasteiger partial charge in [0.2, 0.25) is 5.96 Å². The van der Waals surface area contributed by atoms with E-state index in [1.165, 1.54) is 12.1 Å². The number of hydrogen-bond donors (Lipinski definition) is 3. The van der Waals surface area contributed by atoms with Crippen LogP contribution in [-0.2, 0) is 10.0 Å². The number of guanidine groups is 1. The Bertz CT molecular complexity index is 1040. The van der Waals surface area contributed by atoms with E-state index in [0.29, 0.717) is 0 Å². The molecule has 1 aliphatic heterocycles. The number of halogens is 2. The Kier molecular flexibility index (Phi) is 3.97. The van der Waals surface area contributed by atoms with Gasteiger partial charge in [-0.15, -0.1) is 4.40 Å². The fourth-order valence-corrected chi connectivity index (χ4v) is 3.40. The summed E-state index contributed by atoms with van der Waals surface area (Å²) in [6.45, 7) is 0. The Morgan fingerprint density at radius 3 is 2.76 bits per heavy atom. The minimum absolute atomic E-state index is 0.0352. The zero-order chi connectivity index (χ0) is 18.4. The van der Waals surface area contributed by atoms with Crippen LogP contribution in [0.15, 0.2) is 39.6 Å². The van der Waals surface area contributed by atoms with Crippen LogP contribution in [0.5, 0.6) is 5.75 Å². The third-order valence-corrected chi connectivity index (χ3v) is 4.90. The summed E-state index contributed by atoms with van der Waals surface area (Å²) in [6.07, 6.45) is 0. The highest BCUT2D eigenvalue weighted by atomic mass is 35.5. The van der Waals surface area contributed by atoms with Crippen molar-refractivity contribution in [3.8, 4) is 5.75 Å². The van der Waals surface area contributed by atoms with Crippen LogP contribution in [0.4, 0.5) is 21.5 Å². The van der Waals surface area contributed by atoms with E-state index < -0.39 is 37.1 Å². The van der Waals surface area contributed by atoms with E-state index in [0.717, 1.165) is 18.2 Å². The number of nitrogens with zero attached hydrogens (tertiary/aromatic N) is 2. The Labute approximate surface area is 145 Å². The lowest BCUT2D eigenvalue weighted by Crippen LogP contribution is -2.28. The maximum atomic E-state index is 13.5. The van der Waals surface area contributed by atoms with E-state index in [-0.39, 0.29) is 22.4 Å². The van der Waals surface area contributed by atoms with Gasteiger partial charge in [-0.05, 0) is 12.1 Å². The fraction of sp³-hybridized carbons (Fsp3) is 0. The number of nitro benzene ring substituents is 1. The molecular weight excluding hydrogens is 379 g/mol. The van der Waals surface area contributed by atoms with Crippen molar-refractivity contribution in [3.05, 3.63) is 51.3 Å². The molecular formula is C13H8ClFN4O5S. The number of benzene rings is 2. The number of sulfonamides is 1. The zero-order valence-electron chi connectivity index (χ0n) is 12.0. The summed E-state index contributed by atoms with van der Waals surface area (Å²) in [4.78, 5) is 9.40. The van der Waals surface area contributed by atoms with Crippen molar-refractivity contribution in [1.82, 2.24) is 0 Å². The molecule has 12 heteroatoms. The molecule has 0 bridgehead atoms. The van der Waals surface area contributed by atoms with Gasteiger partial charge in [-0.3, -0.25) is 10.1 Å². The summed E-state index contributed by atoms with van der Waals surface area (Å²) >= 11 is 5.78. The second-order valence-electron chi connectivity index (χ2n) is 4.86. The summed E-state index contributed by atoms with van der Waals surface area (Å²) < 4.78 is 41.4. The first-order chi connectivity index (χ1) is 11.7. The molecule has 1 aliphatic rings. The molecule has 9 nitrogen and oxygen atoms in total. The van der Waals surface area contributed by atoms with Crippen molar-refractivity contribution in [3.63, 3.8) is 0 Å². The van der Waals surface area contributed by atoms with Crippen LogP contribution in [0.3, 0.4) is 0 Å². The van der Waals surface area contributed by atoms with Gasteiger partial charge in [0.25, 0.3) is 15.7 Å². The molecule has 3 rings (SSSR count). The summed E-state index contributed by atoms with van der Waals surface area (Å²) in [5, 5.41) is 25.4. The summed E-state index contributed by atoms with van der Waals surface area (Å²) in [7, 11) is -4.35. The molecule has 1 heterocycles. The highest BCUT2D eigenvalue weighted by Crippen LogP contribution is 2.38. The standard InChI is InChI=1S/C13H8ClFN4O5S/c14-11-7(15)2-1-3-8(11)16-13-17-12-9(20)4-6(19(21)22)5-10(12)25(23,24)18-13/h1-5,20H,(H2,16,17,18). The largest absolute Gasteiger partial charge is 0.505 e. The number of rotatable bonds is 2. The predicted octanol–water partition coefficient (Wildman–Crippen LogP) is 2.68. The van der Waals surface area contributed by atoms with Crippen LogP contribution in [-0.4, -0.2) is 24.4 Å². The number of aromatic hydroxyl groups is 1. The number of non-ortho nitro benzene ring substituents is 1. The first-order valence-corrected chi connectivity index (χ1v) is 8.35. The van der Waals surface area contributed by atoms with E-state index >= 15 is 0 Å². The topological polar surface area (TPSA) is 134 Å². The van der Waals surface area contributed by atoms with Crippen molar-refractivity contribution in [2.24, 2.45) is 4.40 Å². The minimum atomic E-state index is -4.35. The number of anilines is 2. The molecule has 0 spiro atoms. The molecule has 0 amide bonds. The lowest BCUT2D eigenvalue weighted by Gasteiger charge is -2.20. The van der Waals surface area contributed by atoms with Crippen LogP contribution in [0, 0.1) is 15.9 Å². The van der Waals surface area contributed by atoms with Gasteiger partial charge in [0.15, 0.2) is 0 Å². The fourth-order valence-electron chi connectivity index (χ4n) is 2.11. The summed E-state index contributed by atoms with van der Waals surface area (Å²) in [5.74, 6) is -1.75. The van der Waals surface area contributed by atoms with E-state index in [9.17, 15) is 28.0 Å². The lowest BCUT2D eigenvalue weighted by atomic mass is 10.2. The van der Waals surface area contributed by atoms with Crippen LogP contribution < -0.4 is 10.6 Å². The minimum Gasteiger partial charge on any atom is -0.505 e. The number of phenolic OH excluding ortho intramolecular Hbond substituents is 1. The van der Waals surface area contributed by atoms with Crippen LogP contribution in [0.1, 0.15) is 0 Å². The SMILES string of the molecule is O=[N+]([O-])c1cc(O)c2c(c1)S(=O)(=O)N=C(Nc1cccc(F)c1Cl)N2. The second-order valence-corrected chi connectivity index (χ2v) is 6.81. The second kappa shape index (κ2) is 5.86. The molecule has 0 fully saturated rings. The normalized spacial score (nSPS) is 14.9. The molecule has 0 radical (unpaired) electrons. The maximum Gasteiger partial charge on any atom is 0.288 e. The van der Waals surface area contributed by atoms with Crippen LogP contribution in [0.25, 0.3) is 0 Å². The van der Waals surface area contributed by atoms with E-state index in [4.69, 9.17) is 11.6 Å². The molecule has 130 valence electrons. The molecule has 0 atom stereocenters. The number of nitro groups is 1. The Morgan fingerprint density at radius 1 is 1.36 bits per heavy atom. The number of hydrogen-bond acceptors (Lipinski definition) is 7. The van der Waals surface area contributed by atoms with E-state index in [1.807, 2.05) is 0 Å². The summed E-state index contributed by atoms with van der Waals surface area (Å²) in [5.41, 5.74) is -0.870. The molecule has 2 aromatic rings. The van der Waals surface area contributed by atoms with Gasteiger partial charge < -0.3 is 15.7 Å². The Hall–Kier alpha value is -2.92. The highest BCUT2D eigenvalue weighted by Gasteiger charge is 2.30. The van der Waals surface area contributed by atoms with E-state index in [1.54, 1.807) is 0 Å². The molecule has 0 aliphatic carbocycles. The number of phenols is 1. The molecule has 25 heavy (non-hydrogen) atoms. The number of nitrogens with one attached hydrogen (secondary N) is 2. The third-order valence-electron chi connectivity index (χ3n) is 3.21. The highest BCUT2D eigenvalue weighted by molar-refractivity contribution is 7.90. The smallest absolute Gasteiger partial charge is 0.288 e. The van der Waals surface area contributed by atoms with E-state index in [2.05, 4.69) is 15.0 Å².